The van der Waals surface area contributed by atoms with Gasteiger partial charge >= 0.3 is 6.01 Å². The molecule has 8 nitrogen and oxygen atoms in total. The van der Waals surface area contributed by atoms with E-state index in [2.05, 4.69) is 38.2 Å². The van der Waals surface area contributed by atoms with Crippen molar-refractivity contribution in [2.75, 3.05) is 37.0 Å². The van der Waals surface area contributed by atoms with Gasteiger partial charge in [0.2, 0.25) is 11.9 Å². The summed E-state index contributed by atoms with van der Waals surface area (Å²) in [4.78, 5) is 27.7. The molecular formula is C18H24N6O2. The van der Waals surface area contributed by atoms with Crippen LogP contribution >= 0.6 is 0 Å². The van der Waals surface area contributed by atoms with Crippen LogP contribution in [0, 0.1) is 5.92 Å². The quantitative estimate of drug-likeness (QED) is 0.869. The van der Waals surface area contributed by atoms with Gasteiger partial charge in [-0.25, -0.2) is 0 Å². The Labute approximate surface area is 152 Å². The van der Waals surface area contributed by atoms with Gasteiger partial charge in [-0.15, -0.1) is 0 Å². The van der Waals surface area contributed by atoms with Gasteiger partial charge in [0.15, 0.2) is 0 Å². The van der Waals surface area contributed by atoms with Gasteiger partial charge in [-0.1, -0.05) is 13.0 Å². The lowest BCUT2D eigenvalue weighted by molar-refractivity contribution is 0.279. The van der Waals surface area contributed by atoms with Gasteiger partial charge in [0.25, 0.3) is 5.56 Å². The van der Waals surface area contributed by atoms with Crippen LogP contribution in [0.2, 0.25) is 0 Å². The number of nitrogens with one attached hydrogen (secondary N) is 1. The van der Waals surface area contributed by atoms with Crippen molar-refractivity contribution in [1.29, 1.82) is 0 Å². The molecule has 0 aliphatic carbocycles. The Balaban J connectivity index is 1.63. The van der Waals surface area contributed by atoms with Crippen LogP contribution in [0.15, 0.2) is 23.0 Å². The van der Waals surface area contributed by atoms with E-state index in [9.17, 15) is 4.79 Å². The molecule has 2 bridgehead atoms. The van der Waals surface area contributed by atoms with Crippen LogP contribution in [0.5, 0.6) is 6.01 Å². The number of fused-ring (bicyclic) bond motifs is 4. The molecule has 0 spiro atoms. The van der Waals surface area contributed by atoms with E-state index in [1.165, 1.54) is 0 Å². The molecule has 2 aliphatic heterocycles. The van der Waals surface area contributed by atoms with Gasteiger partial charge in [-0.05, 0) is 24.8 Å². The number of hydrogen-bond donors (Lipinski definition) is 1. The molecule has 8 heteroatoms. The third kappa shape index (κ3) is 3.11. The molecule has 26 heavy (non-hydrogen) atoms. The number of hydrogen-bond acceptors (Lipinski definition) is 7. The van der Waals surface area contributed by atoms with E-state index in [1.807, 2.05) is 10.6 Å². The normalized spacial score (nSPS) is 21.2. The van der Waals surface area contributed by atoms with E-state index >= 15 is 0 Å². The van der Waals surface area contributed by atoms with Crippen LogP contribution < -0.4 is 20.5 Å². The molecule has 0 unspecified atom stereocenters. The Kier molecular flexibility index (Phi) is 4.48. The molecular weight excluding hydrogens is 332 g/mol. The predicted molar refractivity (Wildman–Crippen MR) is 98.9 cm³/mol. The molecule has 4 rings (SSSR count). The first-order chi connectivity index (χ1) is 12.7. The molecule has 0 radical (unpaired) electrons. The zero-order chi connectivity index (χ0) is 18.1. The molecule has 4 heterocycles. The minimum atomic E-state index is 0.0959. The highest BCUT2D eigenvalue weighted by Crippen LogP contribution is 2.36. The molecule has 2 aromatic heterocycles. The van der Waals surface area contributed by atoms with E-state index in [1.54, 1.807) is 13.2 Å². The maximum absolute atomic E-state index is 12.2. The minimum Gasteiger partial charge on any atom is -0.467 e. The van der Waals surface area contributed by atoms with Crippen LogP contribution in [-0.2, 0) is 6.54 Å². The monoisotopic (exact) mass is 356 g/mol. The second-order valence-corrected chi connectivity index (χ2v) is 6.98. The average Bonchev–Trinajstić information content (AvgIpc) is 2.67. The lowest BCUT2D eigenvalue weighted by Crippen LogP contribution is -2.47. The number of pyridine rings is 1. The first kappa shape index (κ1) is 16.8. The molecule has 2 atom stereocenters. The van der Waals surface area contributed by atoms with Crippen LogP contribution in [0.1, 0.15) is 31.4 Å². The molecule has 0 saturated carbocycles. The van der Waals surface area contributed by atoms with Crippen molar-refractivity contribution >= 4 is 11.9 Å². The molecule has 0 aromatic carbocycles. The zero-order valence-electron chi connectivity index (χ0n) is 15.2. The number of anilines is 2. The number of aromatic nitrogens is 4. The maximum Gasteiger partial charge on any atom is 0.322 e. The predicted octanol–water partition coefficient (Wildman–Crippen LogP) is 1.49. The van der Waals surface area contributed by atoms with Crippen LogP contribution in [-0.4, -0.2) is 46.3 Å². The second-order valence-electron chi connectivity index (χ2n) is 6.98. The lowest BCUT2D eigenvalue weighted by Gasteiger charge is -2.42. The third-order valence-electron chi connectivity index (χ3n) is 5.08. The molecule has 1 saturated heterocycles. The summed E-state index contributed by atoms with van der Waals surface area (Å²) >= 11 is 0. The highest BCUT2D eigenvalue weighted by molar-refractivity contribution is 5.40. The van der Waals surface area contributed by atoms with E-state index in [0.29, 0.717) is 29.7 Å². The summed E-state index contributed by atoms with van der Waals surface area (Å²) < 4.78 is 7.19. The summed E-state index contributed by atoms with van der Waals surface area (Å²) in [6.45, 7) is 5.27. The standard InChI is InChI=1S/C18H24N6O2/c1-3-7-19-16-20-17(22-18(21-16)26-2)23-9-12-8-13(11-23)14-5-4-6-15(25)24(14)10-12/h4-6,12-13H,3,7-11H2,1-2H3,(H,19,20,21,22)/t12-,13-/m0/s1. The summed E-state index contributed by atoms with van der Waals surface area (Å²) in [6, 6.07) is 5.88. The Morgan fingerprint density at radius 2 is 2.12 bits per heavy atom. The van der Waals surface area contributed by atoms with E-state index in [0.717, 1.165) is 44.7 Å². The van der Waals surface area contributed by atoms with Gasteiger partial charge in [0, 0.05) is 43.9 Å². The first-order valence-corrected chi connectivity index (χ1v) is 9.16. The van der Waals surface area contributed by atoms with Crippen molar-refractivity contribution < 1.29 is 4.74 Å². The van der Waals surface area contributed by atoms with Crippen molar-refractivity contribution in [1.82, 2.24) is 19.5 Å². The second kappa shape index (κ2) is 6.93. The SMILES string of the molecule is CCCNc1nc(OC)nc(N2C[C@@H]3C[C@@H](C2)c2cccc(=O)n2C3)n1. The topological polar surface area (TPSA) is 85.2 Å². The fraction of sp³-hybridized carbons (Fsp3) is 0.556. The van der Waals surface area contributed by atoms with Gasteiger partial charge in [-0.3, -0.25) is 4.79 Å². The minimum absolute atomic E-state index is 0.0959. The van der Waals surface area contributed by atoms with Gasteiger partial charge in [0.05, 0.1) is 7.11 Å². The highest BCUT2D eigenvalue weighted by Gasteiger charge is 2.35. The summed E-state index contributed by atoms with van der Waals surface area (Å²) in [5.74, 6) is 1.90. The molecule has 138 valence electrons. The molecule has 2 aromatic rings. The van der Waals surface area contributed by atoms with Gasteiger partial charge in [0.1, 0.15) is 0 Å². The summed E-state index contributed by atoms with van der Waals surface area (Å²) in [5.41, 5.74) is 1.21. The zero-order valence-corrected chi connectivity index (χ0v) is 15.2. The van der Waals surface area contributed by atoms with Crippen molar-refractivity contribution in [3.63, 3.8) is 0 Å². The van der Waals surface area contributed by atoms with Gasteiger partial charge in [-0.2, -0.15) is 15.0 Å². The molecule has 1 fully saturated rings. The summed E-state index contributed by atoms with van der Waals surface area (Å²) in [5, 5.41) is 3.21. The Bertz CT molecular complexity index is 852. The van der Waals surface area contributed by atoms with Gasteiger partial charge < -0.3 is 19.5 Å². The Hall–Kier alpha value is -2.64. The summed E-state index contributed by atoms with van der Waals surface area (Å²) in [6.07, 6.45) is 2.09. The van der Waals surface area contributed by atoms with Crippen LogP contribution in [0.25, 0.3) is 0 Å². The smallest absolute Gasteiger partial charge is 0.322 e. The molecule has 1 N–H and O–H groups in total. The average molecular weight is 356 g/mol. The fourth-order valence-electron chi connectivity index (χ4n) is 3.95. The number of rotatable bonds is 5. The van der Waals surface area contributed by atoms with E-state index in [-0.39, 0.29) is 5.56 Å². The fourth-order valence-corrected chi connectivity index (χ4v) is 3.95. The number of ether oxygens (including phenoxy) is 1. The van der Waals surface area contributed by atoms with E-state index in [4.69, 9.17) is 4.74 Å². The highest BCUT2D eigenvalue weighted by atomic mass is 16.5. The first-order valence-electron chi connectivity index (χ1n) is 9.16. The lowest BCUT2D eigenvalue weighted by atomic mass is 9.83. The maximum atomic E-state index is 12.2. The Morgan fingerprint density at radius 1 is 1.23 bits per heavy atom. The van der Waals surface area contributed by atoms with Crippen molar-refractivity contribution in [3.05, 3.63) is 34.2 Å². The van der Waals surface area contributed by atoms with Crippen LogP contribution in [0.3, 0.4) is 0 Å². The summed E-state index contributed by atoms with van der Waals surface area (Å²) in [7, 11) is 1.57. The largest absolute Gasteiger partial charge is 0.467 e. The number of piperidine rings is 1. The third-order valence-corrected chi connectivity index (χ3v) is 5.08. The van der Waals surface area contributed by atoms with Crippen molar-refractivity contribution in [2.24, 2.45) is 5.92 Å². The van der Waals surface area contributed by atoms with E-state index < -0.39 is 0 Å². The Morgan fingerprint density at radius 3 is 2.92 bits per heavy atom. The van der Waals surface area contributed by atoms with Crippen LogP contribution in [0.4, 0.5) is 11.9 Å². The van der Waals surface area contributed by atoms with Crippen molar-refractivity contribution in [2.45, 2.75) is 32.2 Å². The number of nitrogens with zero attached hydrogens (tertiary/aromatic N) is 5. The van der Waals surface area contributed by atoms with Crippen molar-refractivity contribution in [3.8, 4) is 6.01 Å². The molecule has 0 amide bonds. The molecule has 2 aliphatic rings. The number of methoxy groups -OCH3 is 1.